The predicted octanol–water partition coefficient (Wildman–Crippen LogP) is 4.33. The summed E-state index contributed by atoms with van der Waals surface area (Å²) in [6, 6.07) is 18.5. The Morgan fingerprint density at radius 2 is 1.86 bits per heavy atom. The smallest absolute Gasteiger partial charge is 0.307 e. The SMILES string of the molecule is CN(C)CCOc1ccc(NC(=C2C(=O)Nc3cc(F)ccc32)c2cccc(CC(=O)O)c2)cc1. The lowest BCUT2D eigenvalue weighted by molar-refractivity contribution is -0.136. The summed E-state index contributed by atoms with van der Waals surface area (Å²) in [5.41, 5.74) is 3.72. The molecule has 8 heteroatoms. The number of benzene rings is 3. The second kappa shape index (κ2) is 10.4. The Bertz CT molecular complexity index is 1290. The minimum Gasteiger partial charge on any atom is -0.492 e. The Labute approximate surface area is 202 Å². The van der Waals surface area contributed by atoms with Crippen molar-refractivity contribution in [2.45, 2.75) is 6.42 Å². The van der Waals surface area contributed by atoms with Crippen molar-refractivity contribution in [2.24, 2.45) is 0 Å². The van der Waals surface area contributed by atoms with Gasteiger partial charge in [0, 0.05) is 17.8 Å². The lowest BCUT2D eigenvalue weighted by Gasteiger charge is -2.16. The van der Waals surface area contributed by atoms with Gasteiger partial charge in [-0.2, -0.15) is 0 Å². The number of nitrogens with one attached hydrogen (secondary N) is 2. The highest BCUT2D eigenvalue weighted by Gasteiger charge is 2.29. The number of anilines is 2. The Morgan fingerprint density at radius 3 is 2.57 bits per heavy atom. The number of carboxylic acids is 1. The average molecular weight is 476 g/mol. The van der Waals surface area contributed by atoms with E-state index in [4.69, 9.17) is 4.74 Å². The fourth-order valence-electron chi connectivity index (χ4n) is 3.81. The second-order valence-electron chi connectivity index (χ2n) is 8.47. The van der Waals surface area contributed by atoms with Gasteiger partial charge in [-0.3, -0.25) is 9.59 Å². The topological polar surface area (TPSA) is 90.9 Å². The number of aliphatic carboxylic acids is 1. The summed E-state index contributed by atoms with van der Waals surface area (Å²) in [6.45, 7) is 1.34. The Hall–Kier alpha value is -4.17. The summed E-state index contributed by atoms with van der Waals surface area (Å²) in [4.78, 5) is 26.3. The van der Waals surface area contributed by atoms with Gasteiger partial charge in [0.2, 0.25) is 0 Å². The molecule has 0 bridgehead atoms. The van der Waals surface area contributed by atoms with Crippen LogP contribution in [0.15, 0.2) is 66.7 Å². The van der Waals surface area contributed by atoms with Crippen molar-refractivity contribution < 1.29 is 23.8 Å². The molecule has 3 aromatic rings. The molecular weight excluding hydrogens is 449 g/mol. The van der Waals surface area contributed by atoms with E-state index in [0.29, 0.717) is 45.9 Å². The number of nitrogens with zero attached hydrogens (tertiary/aromatic N) is 1. The van der Waals surface area contributed by atoms with E-state index in [9.17, 15) is 19.1 Å². The third-order valence-corrected chi connectivity index (χ3v) is 5.48. The van der Waals surface area contributed by atoms with E-state index in [2.05, 4.69) is 10.6 Å². The number of hydrogen-bond acceptors (Lipinski definition) is 5. The lowest BCUT2D eigenvalue weighted by atomic mass is 9.98. The first-order valence-corrected chi connectivity index (χ1v) is 11.1. The standard InChI is InChI=1S/C27H26FN3O4/c1-31(2)12-13-35-21-9-7-20(8-10-21)29-26(18-5-3-4-17(14-18)15-24(32)33)25-22-11-6-19(28)16-23(22)30-27(25)34/h3-11,14,16,29H,12-13,15H2,1-2H3,(H,30,34)(H,32,33). The van der Waals surface area contributed by atoms with Crippen LogP contribution < -0.4 is 15.4 Å². The summed E-state index contributed by atoms with van der Waals surface area (Å²) in [6.07, 6.45) is -0.149. The average Bonchev–Trinajstić information content (AvgIpc) is 3.12. The molecule has 7 nitrogen and oxygen atoms in total. The fraction of sp³-hybridized carbons (Fsp3) is 0.185. The van der Waals surface area contributed by atoms with Gasteiger partial charge in [0.05, 0.1) is 23.4 Å². The maximum Gasteiger partial charge on any atom is 0.307 e. The highest BCUT2D eigenvalue weighted by molar-refractivity contribution is 6.37. The van der Waals surface area contributed by atoms with Gasteiger partial charge >= 0.3 is 5.97 Å². The van der Waals surface area contributed by atoms with Crippen LogP contribution in [0.2, 0.25) is 0 Å². The van der Waals surface area contributed by atoms with Crippen molar-refractivity contribution in [3.63, 3.8) is 0 Å². The molecule has 0 radical (unpaired) electrons. The van der Waals surface area contributed by atoms with E-state index < -0.39 is 11.8 Å². The largest absolute Gasteiger partial charge is 0.492 e. The van der Waals surface area contributed by atoms with Crippen molar-refractivity contribution in [1.82, 2.24) is 4.90 Å². The molecule has 4 rings (SSSR count). The Kier molecular flexibility index (Phi) is 7.12. The van der Waals surface area contributed by atoms with E-state index >= 15 is 0 Å². The third kappa shape index (κ3) is 5.85. The molecule has 180 valence electrons. The summed E-state index contributed by atoms with van der Waals surface area (Å²) >= 11 is 0. The molecule has 1 amide bonds. The van der Waals surface area contributed by atoms with Crippen LogP contribution in [0.1, 0.15) is 16.7 Å². The van der Waals surface area contributed by atoms with E-state index in [1.807, 2.05) is 43.3 Å². The second-order valence-corrected chi connectivity index (χ2v) is 8.47. The van der Waals surface area contributed by atoms with Gasteiger partial charge in [-0.15, -0.1) is 0 Å². The van der Waals surface area contributed by atoms with Crippen molar-refractivity contribution in [3.8, 4) is 5.75 Å². The van der Waals surface area contributed by atoms with Crippen LogP contribution in [0.25, 0.3) is 11.3 Å². The van der Waals surface area contributed by atoms with Crippen molar-refractivity contribution in [2.75, 3.05) is 37.9 Å². The molecule has 1 aliphatic rings. The number of amides is 1. The number of carboxylic acid groups (broad SMARTS) is 1. The third-order valence-electron chi connectivity index (χ3n) is 5.48. The van der Waals surface area contributed by atoms with Crippen LogP contribution in [0.4, 0.5) is 15.8 Å². The molecule has 0 unspecified atom stereocenters. The highest BCUT2D eigenvalue weighted by atomic mass is 19.1. The van der Waals surface area contributed by atoms with Crippen molar-refractivity contribution >= 4 is 34.5 Å². The number of hydrogen-bond donors (Lipinski definition) is 3. The normalized spacial score (nSPS) is 13.9. The van der Waals surface area contributed by atoms with E-state index in [0.717, 1.165) is 12.3 Å². The molecule has 35 heavy (non-hydrogen) atoms. The zero-order valence-electron chi connectivity index (χ0n) is 19.5. The van der Waals surface area contributed by atoms with E-state index in [1.54, 1.807) is 30.3 Å². The first kappa shape index (κ1) is 24.0. The zero-order valence-corrected chi connectivity index (χ0v) is 19.5. The van der Waals surface area contributed by atoms with Crippen molar-refractivity contribution in [1.29, 1.82) is 0 Å². The molecular formula is C27H26FN3O4. The minimum atomic E-state index is -0.950. The number of rotatable bonds is 9. The summed E-state index contributed by atoms with van der Waals surface area (Å²) in [7, 11) is 3.95. The molecule has 0 saturated heterocycles. The quantitative estimate of drug-likeness (QED) is 0.399. The molecule has 0 atom stereocenters. The van der Waals surface area contributed by atoms with Gasteiger partial charge in [0.15, 0.2) is 0 Å². The Morgan fingerprint density at radius 1 is 1.09 bits per heavy atom. The molecule has 1 heterocycles. The minimum absolute atomic E-state index is 0.149. The monoisotopic (exact) mass is 475 g/mol. The van der Waals surface area contributed by atoms with Crippen LogP contribution in [-0.2, 0) is 16.0 Å². The van der Waals surface area contributed by atoms with Crippen LogP contribution in [0.5, 0.6) is 5.75 Å². The summed E-state index contributed by atoms with van der Waals surface area (Å²) < 4.78 is 19.5. The number of likely N-dealkylation sites (N-methyl/N-ethyl adjacent to an activating group) is 1. The Balaban J connectivity index is 1.72. The number of fused-ring (bicyclic) bond motifs is 1. The molecule has 0 saturated carbocycles. The molecule has 0 fully saturated rings. The fourth-order valence-corrected chi connectivity index (χ4v) is 3.81. The lowest BCUT2D eigenvalue weighted by Crippen LogP contribution is -2.19. The van der Waals surface area contributed by atoms with Crippen LogP contribution in [-0.4, -0.2) is 49.1 Å². The molecule has 3 aromatic carbocycles. The maximum absolute atomic E-state index is 13.8. The van der Waals surface area contributed by atoms with Gasteiger partial charge in [-0.05, 0) is 73.8 Å². The molecule has 0 spiro atoms. The maximum atomic E-state index is 13.8. The van der Waals surface area contributed by atoms with Crippen LogP contribution in [0, 0.1) is 5.82 Å². The van der Waals surface area contributed by atoms with Gasteiger partial charge in [-0.25, -0.2) is 4.39 Å². The van der Waals surface area contributed by atoms with E-state index in [1.165, 1.54) is 12.1 Å². The predicted molar refractivity (Wildman–Crippen MR) is 134 cm³/mol. The van der Waals surface area contributed by atoms with E-state index in [-0.39, 0.29) is 12.3 Å². The summed E-state index contributed by atoms with van der Waals surface area (Å²) in [5.74, 6) is -1.06. The van der Waals surface area contributed by atoms with Gasteiger partial charge < -0.3 is 25.4 Å². The molecule has 0 aliphatic carbocycles. The number of ether oxygens (including phenoxy) is 1. The summed E-state index contributed by atoms with van der Waals surface area (Å²) in [5, 5.41) is 15.3. The molecule has 0 aromatic heterocycles. The molecule has 3 N–H and O–H groups in total. The van der Waals surface area contributed by atoms with Gasteiger partial charge in [-0.1, -0.05) is 18.2 Å². The number of carbonyl (C=O) groups is 2. The van der Waals surface area contributed by atoms with Crippen molar-refractivity contribution in [3.05, 3.63) is 89.2 Å². The van der Waals surface area contributed by atoms with Gasteiger partial charge in [0.25, 0.3) is 5.91 Å². The number of halogens is 1. The molecule has 1 aliphatic heterocycles. The first-order chi connectivity index (χ1) is 16.8. The van der Waals surface area contributed by atoms with Crippen LogP contribution >= 0.6 is 0 Å². The number of carbonyl (C=O) groups excluding carboxylic acids is 1. The zero-order chi connectivity index (χ0) is 24.9. The van der Waals surface area contributed by atoms with Gasteiger partial charge in [0.1, 0.15) is 18.2 Å². The first-order valence-electron chi connectivity index (χ1n) is 11.1. The van der Waals surface area contributed by atoms with Crippen LogP contribution in [0.3, 0.4) is 0 Å². The highest BCUT2D eigenvalue weighted by Crippen LogP contribution is 2.38.